The van der Waals surface area contributed by atoms with E-state index in [1.807, 2.05) is 12.1 Å². The van der Waals surface area contributed by atoms with E-state index in [0.717, 1.165) is 29.5 Å². The molecule has 70 valence electrons. The highest BCUT2D eigenvalue weighted by molar-refractivity contribution is 9.10. The largest absolute Gasteiger partial charge is 0.383 e. The van der Waals surface area contributed by atoms with Gasteiger partial charge < -0.3 is 11.1 Å². The number of rotatable bonds is 3. The molecule has 0 aliphatic heterocycles. The second-order valence-corrected chi connectivity index (χ2v) is 4.64. The Balaban J connectivity index is 1.94. The normalized spacial score (nSPS) is 18.3. The molecule has 0 spiro atoms. The molecule has 0 aromatic heterocycles. The van der Waals surface area contributed by atoms with E-state index in [-0.39, 0.29) is 5.54 Å². The molecule has 0 radical (unpaired) electrons. The van der Waals surface area contributed by atoms with Crippen LogP contribution in [-0.4, -0.2) is 12.1 Å². The Morgan fingerprint density at radius 2 is 2.23 bits per heavy atom. The summed E-state index contributed by atoms with van der Waals surface area (Å²) in [5.74, 6) is 0. The van der Waals surface area contributed by atoms with Crippen molar-refractivity contribution >= 4 is 21.6 Å². The minimum Gasteiger partial charge on any atom is -0.383 e. The fraction of sp³-hybridized carbons (Fsp3) is 0.400. The third-order valence-corrected chi connectivity index (χ3v) is 2.85. The highest BCUT2D eigenvalue weighted by Crippen LogP contribution is 2.32. The monoisotopic (exact) mass is 240 g/mol. The van der Waals surface area contributed by atoms with Gasteiger partial charge in [-0.1, -0.05) is 22.0 Å². The first-order chi connectivity index (χ1) is 6.18. The zero-order valence-corrected chi connectivity index (χ0v) is 8.97. The van der Waals surface area contributed by atoms with Crippen LogP contribution >= 0.6 is 15.9 Å². The van der Waals surface area contributed by atoms with Crippen LogP contribution in [0.1, 0.15) is 12.8 Å². The Labute approximate surface area is 86.6 Å². The third kappa shape index (κ3) is 2.45. The van der Waals surface area contributed by atoms with Crippen molar-refractivity contribution < 1.29 is 0 Å². The van der Waals surface area contributed by atoms with E-state index in [1.54, 1.807) is 0 Å². The van der Waals surface area contributed by atoms with Crippen molar-refractivity contribution in [2.45, 2.75) is 18.4 Å². The maximum absolute atomic E-state index is 5.96. The van der Waals surface area contributed by atoms with Crippen molar-refractivity contribution in [2.75, 3.05) is 11.9 Å². The minimum atomic E-state index is 0.0717. The minimum absolute atomic E-state index is 0.0717. The predicted molar refractivity (Wildman–Crippen MR) is 58.8 cm³/mol. The van der Waals surface area contributed by atoms with Crippen LogP contribution in [0.3, 0.4) is 0 Å². The van der Waals surface area contributed by atoms with Gasteiger partial charge in [0.25, 0.3) is 0 Å². The molecule has 3 N–H and O–H groups in total. The van der Waals surface area contributed by atoms with Crippen molar-refractivity contribution in [1.29, 1.82) is 0 Å². The van der Waals surface area contributed by atoms with Gasteiger partial charge in [0, 0.05) is 22.2 Å². The van der Waals surface area contributed by atoms with Crippen LogP contribution in [0.25, 0.3) is 0 Å². The Morgan fingerprint density at radius 1 is 1.46 bits per heavy atom. The molecular weight excluding hydrogens is 228 g/mol. The first kappa shape index (κ1) is 9.03. The van der Waals surface area contributed by atoms with E-state index in [2.05, 4.69) is 33.4 Å². The molecule has 0 heterocycles. The summed E-state index contributed by atoms with van der Waals surface area (Å²) in [5.41, 5.74) is 7.16. The summed E-state index contributed by atoms with van der Waals surface area (Å²) in [4.78, 5) is 0. The molecule has 1 fully saturated rings. The van der Waals surface area contributed by atoms with Gasteiger partial charge in [0.15, 0.2) is 0 Å². The van der Waals surface area contributed by atoms with E-state index in [0.29, 0.717) is 0 Å². The smallest absolute Gasteiger partial charge is 0.0352 e. The van der Waals surface area contributed by atoms with Crippen LogP contribution in [0.4, 0.5) is 5.69 Å². The van der Waals surface area contributed by atoms with E-state index < -0.39 is 0 Å². The molecule has 13 heavy (non-hydrogen) atoms. The van der Waals surface area contributed by atoms with Crippen LogP contribution in [-0.2, 0) is 0 Å². The summed E-state index contributed by atoms with van der Waals surface area (Å²) in [6, 6.07) is 8.14. The molecule has 2 rings (SSSR count). The van der Waals surface area contributed by atoms with Gasteiger partial charge in [0.2, 0.25) is 0 Å². The van der Waals surface area contributed by atoms with E-state index in [1.165, 1.54) is 0 Å². The predicted octanol–water partition coefficient (Wildman–Crippen LogP) is 2.35. The Morgan fingerprint density at radius 3 is 2.85 bits per heavy atom. The second kappa shape index (κ2) is 3.31. The standard InChI is InChI=1S/C10H13BrN2/c11-8-2-1-3-9(6-8)13-7-10(12)4-5-10/h1-3,6,13H,4-5,7,12H2. The topological polar surface area (TPSA) is 38.0 Å². The molecule has 1 aromatic carbocycles. The Hall–Kier alpha value is -0.540. The number of hydrogen-bond acceptors (Lipinski definition) is 2. The highest BCUT2D eigenvalue weighted by Gasteiger charge is 2.37. The number of nitrogens with two attached hydrogens (primary N) is 1. The van der Waals surface area contributed by atoms with Gasteiger partial charge in [-0.15, -0.1) is 0 Å². The van der Waals surface area contributed by atoms with Crippen LogP contribution < -0.4 is 11.1 Å². The summed E-state index contributed by atoms with van der Waals surface area (Å²) in [6.45, 7) is 0.878. The summed E-state index contributed by atoms with van der Waals surface area (Å²) in [6.07, 6.45) is 2.29. The summed E-state index contributed by atoms with van der Waals surface area (Å²) in [7, 11) is 0. The number of anilines is 1. The molecule has 0 saturated heterocycles. The van der Waals surface area contributed by atoms with E-state index >= 15 is 0 Å². The first-order valence-corrected chi connectivity index (χ1v) is 5.26. The molecule has 1 aromatic rings. The summed E-state index contributed by atoms with van der Waals surface area (Å²) in [5, 5.41) is 3.33. The molecule has 0 unspecified atom stereocenters. The number of benzene rings is 1. The van der Waals surface area contributed by atoms with Crippen molar-refractivity contribution in [3.8, 4) is 0 Å². The van der Waals surface area contributed by atoms with Crippen LogP contribution in [0.15, 0.2) is 28.7 Å². The van der Waals surface area contributed by atoms with Gasteiger partial charge >= 0.3 is 0 Å². The zero-order chi connectivity index (χ0) is 9.31. The average molecular weight is 241 g/mol. The summed E-state index contributed by atoms with van der Waals surface area (Å²) >= 11 is 3.43. The SMILES string of the molecule is NC1(CNc2cccc(Br)c2)CC1. The molecule has 0 bridgehead atoms. The highest BCUT2D eigenvalue weighted by atomic mass is 79.9. The fourth-order valence-corrected chi connectivity index (χ4v) is 1.61. The van der Waals surface area contributed by atoms with Gasteiger partial charge in [0.05, 0.1) is 0 Å². The van der Waals surface area contributed by atoms with Gasteiger partial charge in [-0.3, -0.25) is 0 Å². The molecule has 1 saturated carbocycles. The number of nitrogens with one attached hydrogen (secondary N) is 1. The maximum atomic E-state index is 5.96. The van der Waals surface area contributed by atoms with Crippen LogP contribution in [0, 0.1) is 0 Å². The van der Waals surface area contributed by atoms with Gasteiger partial charge in [-0.2, -0.15) is 0 Å². The van der Waals surface area contributed by atoms with E-state index in [9.17, 15) is 0 Å². The Bertz CT molecular complexity index is 308. The first-order valence-electron chi connectivity index (χ1n) is 4.46. The zero-order valence-electron chi connectivity index (χ0n) is 7.39. The molecule has 2 nitrogen and oxygen atoms in total. The second-order valence-electron chi connectivity index (χ2n) is 3.73. The molecule has 1 aliphatic carbocycles. The van der Waals surface area contributed by atoms with E-state index in [4.69, 9.17) is 5.73 Å². The van der Waals surface area contributed by atoms with Gasteiger partial charge in [0.1, 0.15) is 0 Å². The quantitative estimate of drug-likeness (QED) is 0.852. The molecule has 0 amide bonds. The molecule has 1 aliphatic rings. The number of hydrogen-bond donors (Lipinski definition) is 2. The van der Waals surface area contributed by atoms with Gasteiger partial charge in [-0.25, -0.2) is 0 Å². The number of halogens is 1. The lowest BCUT2D eigenvalue weighted by molar-refractivity contribution is 0.713. The van der Waals surface area contributed by atoms with Crippen molar-refractivity contribution in [1.82, 2.24) is 0 Å². The molecule has 0 atom stereocenters. The van der Waals surface area contributed by atoms with Crippen LogP contribution in [0.5, 0.6) is 0 Å². The lowest BCUT2D eigenvalue weighted by Crippen LogP contribution is -2.30. The lowest BCUT2D eigenvalue weighted by Gasteiger charge is -2.11. The fourth-order valence-electron chi connectivity index (χ4n) is 1.21. The third-order valence-electron chi connectivity index (χ3n) is 2.36. The average Bonchev–Trinajstić information content (AvgIpc) is 2.82. The van der Waals surface area contributed by atoms with Crippen molar-refractivity contribution in [3.63, 3.8) is 0 Å². The van der Waals surface area contributed by atoms with Crippen molar-refractivity contribution in [2.24, 2.45) is 5.73 Å². The molecular formula is C10H13BrN2. The Kier molecular flexibility index (Phi) is 2.30. The molecule has 3 heteroatoms. The maximum Gasteiger partial charge on any atom is 0.0352 e. The van der Waals surface area contributed by atoms with Crippen molar-refractivity contribution in [3.05, 3.63) is 28.7 Å². The van der Waals surface area contributed by atoms with Crippen LogP contribution in [0.2, 0.25) is 0 Å². The lowest BCUT2D eigenvalue weighted by atomic mass is 10.2. The van der Waals surface area contributed by atoms with Gasteiger partial charge in [-0.05, 0) is 31.0 Å². The summed E-state index contributed by atoms with van der Waals surface area (Å²) < 4.78 is 1.10.